The zero-order valence-corrected chi connectivity index (χ0v) is 16.5. The van der Waals surface area contributed by atoms with Crippen LogP contribution >= 0.6 is 11.8 Å². The topological polar surface area (TPSA) is 78.1 Å². The maximum absolute atomic E-state index is 12.7. The Hall–Kier alpha value is -2.78. The number of carbonyl (C=O) groups is 1. The minimum absolute atomic E-state index is 0.0285. The number of hydrogen-bond acceptors (Lipinski definition) is 5. The summed E-state index contributed by atoms with van der Waals surface area (Å²) >= 11 is 0.386. The van der Waals surface area contributed by atoms with Crippen LogP contribution in [0.25, 0.3) is 10.9 Å². The first-order valence-electron chi connectivity index (χ1n) is 9.00. The quantitative estimate of drug-likeness (QED) is 0.546. The minimum Gasteiger partial charge on any atom is -0.324 e. The van der Waals surface area contributed by atoms with Crippen LogP contribution in [0.3, 0.4) is 0 Å². The summed E-state index contributed by atoms with van der Waals surface area (Å²) in [6, 6.07) is 13.5. The highest BCUT2D eigenvalue weighted by Crippen LogP contribution is 2.31. The van der Waals surface area contributed by atoms with Crippen LogP contribution in [-0.4, -0.2) is 39.6 Å². The standard InChI is InChI=1S/C20H20F2N4O2S/c1-2-26(11-17-23-14-8-4-3-7-13(14)19(28)25-17)12-18(27)24-15-9-5-6-10-16(15)29-20(21)22/h3-10,20H,2,11-12H2,1H3,(H,24,27)(H,23,25,28). The van der Waals surface area contributed by atoms with Crippen LogP contribution in [0, 0.1) is 0 Å². The van der Waals surface area contributed by atoms with Gasteiger partial charge in [-0.1, -0.05) is 43.0 Å². The van der Waals surface area contributed by atoms with E-state index in [0.717, 1.165) is 0 Å². The Morgan fingerprint density at radius 3 is 2.69 bits per heavy atom. The molecular formula is C20H20F2N4O2S. The van der Waals surface area contributed by atoms with E-state index in [-0.39, 0.29) is 24.6 Å². The van der Waals surface area contributed by atoms with Gasteiger partial charge in [0.2, 0.25) is 5.91 Å². The molecule has 0 bridgehead atoms. The number of rotatable bonds is 8. The first kappa shape index (κ1) is 20.9. The largest absolute Gasteiger partial charge is 0.324 e. The zero-order valence-electron chi connectivity index (χ0n) is 15.7. The Morgan fingerprint density at radius 2 is 1.93 bits per heavy atom. The fourth-order valence-corrected chi connectivity index (χ4v) is 3.46. The monoisotopic (exact) mass is 418 g/mol. The molecule has 0 aliphatic heterocycles. The Labute approximate surface area is 170 Å². The van der Waals surface area contributed by atoms with Crippen molar-refractivity contribution in [2.45, 2.75) is 24.1 Å². The number of carbonyl (C=O) groups excluding carboxylic acids is 1. The van der Waals surface area contributed by atoms with Gasteiger partial charge in [0.1, 0.15) is 5.82 Å². The number of nitrogens with one attached hydrogen (secondary N) is 2. The maximum Gasteiger partial charge on any atom is 0.288 e. The number of alkyl halides is 2. The van der Waals surface area contributed by atoms with E-state index in [1.54, 1.807) is 47.4 Å². The second-order valence-electron chi connectivity index (χ2n) is 6.26. The highest BCUT2D eigenvalue weighted by atomic mass is 32.2. The van der Waals surface area contributed by atoms with Crippen LogP contribution in [0.1, 0.15) is 12.7 Å². The maximum atomic E-state index is 12.7. The van der Waals surface area contributed by atoms with Gasteiger partial charge in [0.05, 0.1) is 29.7 Å². The highest BCUT2D eigenvalue weighted by molar-refractivity contribution is 7.99. The van der Waals surface area contributed by atoms with Gasteiger partial charge < -0.3 is 10.3 Å². The number of amides is 1. The number of benzene rings is 2. The van der Waals surface area contributed by atoms with Crippen molar-refractivity contribution < 1.29 is 13.6 Å². The van der Waals surface area contributed by atoms with Crippen molar-refractivity contribution in [3.63, 3.8) is 0 Å². The minimum atomic E-state index is -2.57. The van der Waals surface area contributed by atoms with Crippen LogP contribution in [-0.2, 0) is 11.3 Å². The summed E-state index contributed by atoms with van der Waals surface area (Å²) < 4.78 is 25.4. The molecule has 0 saturated carbocycles. The summed E-state index contributed by atoms with van der Waals surface area (Å²) in [4.78, 5) is 33.9. The number of H-pyrrole nitrogens is 1. The molecule has 0 aliphatic rings. The predicted octanol–water partition coefficient (Wildman–Crippen LogP) is 3.70. The molecule has 0 spiro atoms. The van der Waals surface area contributed by atoms with Crippen LogP contribution in [0.2, 0.25) is 0 Å². The molecule has 0 aliphatic carbocycles. The summed E-state index contributed by atoms with van der Waals surface area (Å²) in [6.07, 6.45) is 0. The molecule has 0 radical (unpaired) electrons. The molecule has 9 heteroatoms. The molecule has 2 aromatic carbocycles. The molecule has 3 aromatic rings. The van der Waals surface area contributed by atoms with Gasteiger partial charge in [-0.05, 0) is 30.8 Å². The Bertz CT molecular complexity index is 1060. The van der Waals surface area contributed by atoms with Crippen molar-refractivity contribution in [1.82, 2.24) is 14.9 Å². The van der Waals surface area contributed by atoms with Gasteiger partial charge in [-0.3, -0.25) is 14.5 Å². The van der Waals surface area contributed by atoms with Crippen LogP contribution in [0.15, 0.2) is 58.2 Å². The molecule has 152 valence electrons. The van der Waals surface area contributed by atoms with Crippen molar-refractivity contribution in [2.24, 2.45) is 0 Å². The fraction of sp³-hybridized carbons (Fsp3) is 0.250. The third-order valence-electron chi connectivity index (χ3n) is 4.23. The lowest BCUT2D eigenvalue weighted by Crippen LogP contribution is -2.34. The average molecular weight is 418 g/mol. The summed E-state index contributed by atoms with van der Waals surface area (Å²) in [6.45, 7) is 2.72. The van der Waals surface area contributed by atoms with E-state index < -0.39 is 5.76 Å². The molecule has 0 unspecified atom stereocenters. The lowest BCUT2D eigenvalue weighted by Gasteiger charge is -2.20. The number of halogens is 2. The molecule has 1 heterocycles. The lowest BCUT2D eigenvalue weighted by atomic mass is 10.2. The van der Waals surface area contributed by atoms with E-state index in [9.17, 15) is 18.4 Å². The molecule has 29 heavy (non-hydrogen) atoms. The van der Waals surface area contributed by atoms with Crippen molar-refractivity contribution in [2.75, 3.05) is 18.4 Å². The highest BCUT2D eigenvalue weighted by Gasteiger charge is 2.15. The van der Waals surface area contributed by atoms with Gasteiger partial charge in [0.15, 0.2) is 0 Å². The molecule has 0 fully saturated rings. The van der Waals surface area contributed by atoms with Crippen molar-refractivity contribution >= 4 is 34.3 Å². The number of aromatic amines is 1. The Morgan fingerprint density at radius 1 is 1.21 bits per heavy atom. The first-order chi connectivity index (χ1) is 14.0. The number of hydrogen-bond donors (Lipinski definition) is 2. The number of fused-ring (bicyclic) bond motifs is 1. The van der Waals surface area contributed by atoms with Crippen molar-refractivity contribution in [3.05, 3.63) is 64.7 Å². The molecule has 2 N–H and O–H groups in total. The number of anilines is 1. The summed E-state index contributed by atoms with van der Waals surface area (Å²) in [5.41, 5.74) is 0.699. The zero-order chi connectivity index (χ0) is 20.8. The van der Waals surface area contributed by atoms with Crippen LogP contribution in [0.5, 0.6) is 0 Å². The van der Waals surface area contributed by atoms with Gasteiger partial charge in [-0.2, -0.15) is 8.78 Å². The van der Waals surface area contributed by atoms with Crippen LogP contribution in [0.4, 0.5) is 14.5 Å². The molecule has 3 rings (SSSR count). The lowest BCUT2D eigenvalue weighted by molar-refractivity contribution is -0.117. The molecule has 6 nitrogen and oxygen atoms in total. The number of thioether (sulfide) groups is 1. The summed E-state index contributed by atoms with van der Waals surface area (Å²) in [5, 5.41) is 3.19. The Kier molecular flexibility index (Phi) is 6.95. The van der Waals surface area contributed by atoms with E-state index in [1.165, 1.54) is 6.07 Å². The number of likely N-dealkylation sites (N-methyl/N-ethyl adjacent to an activating group) is 1. The van der Waals surface area contributed by atoms with Crippen LogP contribution < -0.4 is 10.9 Å². The van der Waals surface area contributed by atoms with Gasteiger partial charge >= 0.3 is 0 Å². The van der Waals surface area contributed by atoms with Gasteiger partial charge in [-0.25, -0.2) is 4.98 Å². The SMILES string of the molecule is CCN(CC(=O)Nc1ccccc1SC(F)F)Cc1nc2ccccc2c(=O)[nH]1. The fourth-order valence-electron chi connectivity index (χ4n) is 2.86. The number of para-hydroxylation sites is 2. The smallest absolute Gasteiger partial charge is 0.288 e. The van der Waals surface area contributed by atoms with E-state index in [1.807, 2.05) is 6.92 Å². The van der Waals surface area contributed by atoms with E-state index in [4.69, 9.17) is 0 Å². The second-order valence-corrected chi connectivity index (χ2v) is 7.29. The molecular weight excluding hydrogens is 398 g/mol. The van der Waals surface area contributed by atoms with Gasteiger partial charge in [0.25, 0.3) is 11.3 Å². The van der Waals surface area contributed by atoms with Gasteiger partial charge in [-0.15, -0.1) is 0 Å². The third-order valence-corrected chi connectivity index (χ3v) is 5.02. The van der Waals surface area contributed by atoms with Gasteiger partial charge in [0, 0.05) is 4.90 Å². The molecule has 0 atom stereocenters. The van der Waals surface area contributed by atoms with E-state index in [0.29, 0.717) is 45.6 Å². The average Bonchev–Trinajstić information content (AvgIpc) is 2.68. The number of nitrogens with zero attached hydrogens (tertiary/aromatic N) is 2. The van der Waals surface area contributed by atoms with Crippen molar-refractivity contribution in [1.29, 1.82) is 0 Å². The van der Waals surface area contributed by atoms with E-state index >= 15 is 0 Å². The third kappa shape index (κ3) is 5.61. The predicted molar refractivity (Wildman–Crippen MR) is 110 cm³/mol. The summed E-state index contributed by atoms with van der Waals surface area (Å²) in [5.74, 6) is -2.45. The summed E-state index contributed by atoms with van der Waals surface area (Å²) in [7, 11) is 0. The first-order valence-corrected chi connectivity index (χ1v) is 9.88. The molecule has 1 aromatic heterocycles. The molecule has 1 amide bonds. The van der Waals surface area contributed by atoms with E-state index in [2.05, 4.69) is 15.3 Å². The number of aromatic nitrogens is 2. The normalized spacial score (nSPS) is 11.3. The second kappa shape index (κ2) is 9.62. The van der Waals surface area contributed by atoms with Crippen molar-refractivity contribution in [3.8, 4) is 0 Å². The molecule has 0 saturated heterocycles. The Balaban J connectivity index is 1.69.